The van der Waals surface area contributed by atoms with Crippen LogP contribution in [0, 0.1) is 5.41 Å². The molecule has 1 amide bonds. The van der Waals surface area contributed by atoms with Gasteiger partial charge < -0.3 is 4.74 Å². The van der Waals surface area contributed by atoms with Crippen molar-refractivity contribution in [2.75, 3.05) is 0 Å². The number of alkyl halides is 3. The Morgan fingerprint density at radius 2 is 1.85 bits per heavy atom. The van der Waals surface area contributed by atoms with Crippen molar-refractivity contribution in [2.24, 2.45) is 11.3 Å². The number of ether oxygens (including phenoxy) is 1. The zero-order valence-electron chi connectivity index (χ0n) is 14.7. The molecule has 0 saturated carbocycles. The highest BCUT2D eigenvalue weighted by Crippen LogP contribution is 2.31. The van der Waals surface area contributed by atoms with Crippen LogP contribution < -0.4 is 11.3 Å². The number of aromatic nitrogens is 2. The minimum Gasteiger partial charge on any atom is -0.443 e. The van der Waals surface area contributed by atoms with Crippen molar-refractivity contribution in [1.82, 2.24) is 15.2 Å². The molecule has 9 heteroatoms. The minimum absolute atomic E-state index is 0.275. The highest BCUT2D eigenvalue weighted by molar-refractivity contribution is 5.66. The molecule has 1 aromatic heterocycles. The van der Waals surface area contributed by atoms with E-state index in [0.717, 1.165) is 12.1 Å². The molecule has 0 spiro atoms. The number of hydrazine groups is 1. The van der Waals surface area contributed by atoms with Crippen molar-refractivity contribution < 1.29 is 22.7 Å². The first-order chi connectivity index (χ1) is 12.0. The molecule has 142 valence electrons. The first-order valence-electron chi connectivity index (χ1n) is 7.88. The third kappa shape index (κ3) is 4.98. The van der Waals surface area contributed by atoms with Gasteiger partial charge in [-0.15, -0.1) is 0 Å². The van der Waals surface area contributed by atoms with Crippen molar-refractivity contribution in [3.05, 3.63) is 42.2 Å². The summed E-state index contributed by atoms with van der Waals surface area (Å²) in [6.07, 6.45) is -2.40. The number of benzene rings is 1. The smallest absolute Gasteiger partial charge is 0.421 e. The van der Waals surface area contributed by atoms with E-state index in [2.05, 4.69) is 5.10 Å². The van der Waals surface area contributed by atoms with Gasteiger partial charge in [-0.3, -0.25) is 10.1 Å². The van der Waals surface area contributed by atoms with E-state index in [-0.39, 0.29) is 12.0 Å². The summed E-state index contributed by atoms with van der Waals surface area (Å²) in [4.78, 5) is 11.4. The molecule has 0 aliphatic carbocycles. The third-order valence-electron chi connectivity index (χ3n) is 3.86. The molecule has 1 heterocycles. The number of nitrogens with zero attached hydrogens (tertiary/aromatic N) is 2. The van der Waals surface area contributed by atoms with Crippen LogP contribution in [0.1, 0.15) is 26.3 Å². The van der Waals surface area contributed by atoms with E-state index in [9.17, 15) is 18.0 Å². The zero-order chi connectivity index (χ0) is 19.5. The molecule has 1 unspecified atom stereocenters. The number of nitrogens with one attached hydrogen (secondary N) is 1. The lowest BCUT2D eigenvalue weighted by Gasteiger charge is -2.29. The first kappa shape index (κ1) is 19.8. The first-order valence-corrected chi connectivity index (χ1v) is 7.88. The summed E-state index contributed by atoms with van der Waals surface area (Å²) in [5.74, 6) is 5.05. The monoisotopic (exact) mass is 370 g/mol. The van der Waals surface area contributed by atoms with Gasteiger partial charge in [-0.25, -0.2) is 10.6 Å². The van der Waals surface area contributed by atoms with Gasteiger partial charge in [-0.05, 0) is 17.7 Å². The van der Waals surface area contributed by atoms with Gasteiger partial charge in [0, 0.05) is 17.2 Å². The number of amides is 1. The summed E-state index contributed by atoms with van der Waals surface area (Å²) in [6, 6.07) is 4.84. The Bertz CT molecular complexity index is 749. The molecule has 0 saturated heterocycles. The van der Waals surface area contributed by atoms with E-state index in [4.69, 9.17) is 10.6 Å². The van der Waals surface area contributed by atoms with Crippen LogP contribution >= 0.6 is 0 Å². The highest BCUT2D eigenvalue weighted by Gasteiger charge is 2.30. The molecule has 0 aliphatic rings. The van der Waals surface area contributed by atoms with Crippen LogP contribution in [0.4, 0.5) is 18.0 Å². The lowest BCUT2D eigenvalue weighted by atomic mass is 9.89. The Morgan fingerprint density at radius 1 is 1.23 bits per heavy atom. The van der Waals surface area contributed by atoms with Gasteiger partial charge in [0.05, 0.1) is 18.3 Å². The van der Waals surface area contributed by atoms with E-state index in [0.29, 0.717) is 11.1 Å². The SMILES string of the molecule is CC(C)(C)C(Cn1cc(-c2ccc(C(F)(F)F)cc2)cn1)OC(=O)NN. The average molecular weight is 370 g/mol. The Labute approximate surface area is 149 Å². The lowest BCUT2D eigenvalue weighted by Crippen LogP contribution is -2.41. The van der Waals surface area contributed by atoms with E-state index in [1.54, 1.807) is 17.1 Å². The predicted octanol–water partition coefficient (Wildman–Crippen LogP) is 3.58. The van der Waals surface area contributed by atoms with Crippen molar-refractivity contribution in [3.63, 3.8) is 0 Å². The molecule has 1 aromatic carbocycles. The molecule has 26 heavy (non-hydrogen) atoms. The molecule has 2 aromatic rings. The van der Waals surface area contributed by atoms with Crippen molar-refractivity contribution >= 4 is 6.09 Å². The number of hydrogen-bond acceptors (Lipinski definition) is 4. The molecule has 0 bridgehead atoms. The van der Waals surface area contributed by atoms with Crippen molar-refractivity contribution in [2.45, 2.75) is 39.6 Å². The van der Waals surface area contributed by atoms with Crippen molar-refractivity contribution in [1.29, 1.82) is 0 Å². The fraction of sp³-hybridized carbons (Fsp3) is 0.412. The molecule has 0 radical (unpaired) electrons. The lowest BCUT2D eigenvalue weighted by molar-refractivity contribution is -0.137. The highest BCUT2D eigenvalue weighted by atomic mass is 19.4. The van der Waals surface area contributed by atoms with Crippen LogP contribution in [0.3, 0.4) is 0 Å². The van der Waals surface area contributed by atoms with Gasteiger partial charge in [0.2, 0.25) is 0 Å². The predicted molar refractivity (Wildman–Crippen MR) is 89.7 cm³/mol. The minimum atomic E-state index is -4.37. The van der Waals surface area contributed by atoms with Gasteiger partial charge in [-0.2, -0.15) is 18.3 Å². The van der Waals surface area contributed by atoms with Gasteiger partial charge in [0.15, 0.2) is 0 Å². The summed E-state index contributed by atoms with van der Waals surface area (Å²) >= 11 is 0. The van der Waals surface area contributed by atoms with Crippen LogP contribution in [-0.4, -0.2) is 22.0 Å². The number of halogens is 3. The zero-order valence-corrected chi connectivity index (χ0v) is 14.7. The standard InChI is InChI=1S/C17H21F3N4O2/c1-16(2,3)14(26-15(25)23-21)10-24-9-12(8-22-24)11-4-6-13(7-5-11)17(18,19)20/h4-9,14H,10,21H2,1-3H3,(H,23,25). The van der Waals surface area contributed by atoms with Crippen LogP contribution in [0.2, 0.25) is 0 Å². The Morgan fingerprint density at radius 3 is 2.35 bits per heavy atom. The maximum absolute atomic E-state index is 12.6. The van der Waals surface area contributed by atoms with Gasteiger partial charge in [0.25, 0.3) is 0 Å². The second-order valence-corrected chi connectivity index (χ2v) is 6.93. The average Bonchev–Trinajstić information content (AvgIpc) is 3.01. The largest absolute Gasteiger partial charge is 0.443 e. The summed E-state index contributed by atoms with van der Waals surface area (Å²) in [6.45, 7) is 5.99. The molecule has 3 N–H and O–H groups in total. The summed E-state index contributed by atoms with van der Waals surface area (Å²) in [5, 5.41) is 4.20. The molecular formula is C17H21F3N4O2. The quantitative estimate of drug-likeness (QED) is 0.490. The third-order valence-corrected chi connectivity index (χ3v) is 3.86. The summed E-state index contributed by atoms with van der Waals surface area (Å²) < 4.78 is 44.8. The fourth-order valence-corrected chi connectivity index (χ4v) is 2.29. The molecule has 0 fully saturated rings. The normalized spacial score (nSPS) is 13.3. The van der Waals surface area contributed by atoms with Gasteiger partial charge >= 0.3 is 12.3 Å². The molecule has 2 rings (SSSR count). The van der Waals surface area contributed by atoms with Crippen LogP contribution in [0.15, 0.2) is 36.7 Å². The van der Waals surface area contributed by atoms with Crippen LogP contribution in [-0.2, 0) is 17.5 Å². The maximum atomic E-state index is 12.6. The topological polar surface area (TPSA) is 82.2 Å². The maximum Gasteiger partial charge on any atom is 0.421 e. The molecule has 0 aliphatic heterocycles. The van der Waals surface area contributed by atoms with Gasteiger partial charge in [0.1, 0.15) is 6.10 Å². The second-order valence-electron chi connectivity index (χ2n) is 6.93. The Hall–Kier alpha value is -2.55. The number of carbonyl (C=O) groups excluding carboxylic acids is 1. The van der Waals surface area contributed by atoms with E-state index < -0.39 is 23.9 Å². The number of nitrogens with two attached hydrogens (primary N) is 1. The van der Waals surface area contributed by atoms with Crippen LogP contribution in [0.25, 0.3) is 11.1 Å². The summed E-state index contributed by atoms with van der Waals surface area (Å²) in [5.41, 5.74) is 2.12. The van der Waals surface area contributed by atoms with E-state index >= 15 is 0 Å². The fourth-order valence-electron chi connectivity index (χ4n) is 2.29. The van der Waals surface area contributed by atoms with Crippen LogP contribution in [0.5, 0.6) is 0 Å². The molecular weight excluding hydrogens is 349 g/mol. The molecule has 1 atom stereocenters. The number of hydrogen-bond donors (Lipinski definition) is 2. The van der Waals surface area contributed by atoms with E-state index in [1.165, 1.54) is 12.1 Å². The van der Waals surface area contributed by atoms with Gasteiger partial charge in [-0.1, -0.05) is 32.9 Å². The number of rotatable bonds is 4. The number of carbonyl (C=O) groups is 1. The second kappa shape index (κ2) is 7.36. The van der Waals surface area contributed by atoms with Crippen molar-refractivity contribution in [3.8, 4) is 11.1 Å². The molecule has 6 nitrogen and oxygen atoms in total. The van der Waals surface area contributed by atoms with E-state index in [1.807, 2.05) is 26.2 Å². The summed E-state index contributed by atoms with van der Waals surface area (Å²) in [7, 11) is 0. The Balaban J connectivity index is 2.16. The Kier molecular flexibility index (Phi) is 5.60.